The zero-order valence-electron chi connectivity index (χ0n) is 14.6. The van der Waals surface area contributed by atoms with Crippen LogP contribution in [-0.2, 0) is 6.42 Å². The van der Waals surface area contributed by atoms with Crippen LogP contribution in [0.4, 0.5) is 10.5 Å². The Morgan fingerprint density at radius 2 is 1.80 bits per heavy atom. The first-order chi connectivity index (χ1) is 12.0. The number of amides is 2. The lowest BCUT2D eigenvalue weighted by Crippen LogP contribution is -2.43. The normalized spacial score (nSPS) is 12.5. The van der Waals surface area contributed by atoms with Gasteiger partial charge in [0.1, 0.15) is 0 Å². The van der Waals surface area contributed by atoms with Gasteiger partial charge in [0.15, 0.2) is 0 Å². The van der Waals surface area contributed by atoms with Crippen LogP contribution in [0.3, 0.4) is 0 Å². The van der Waals surface area contributed by atoms with Crippen LogP contribution < -0.4 is 5.32 Å². The number of nitrogens with zero attached hydrogens (tertiary/aromatic N) is 1. The molecule has 1 aliphatic rings. The maximum atomic E-state index is 12.4. The zero-order valence-corrected chi connectivity index (χ0v) is 14.6. The monoisotopic (exact) mass is 340 g/mol. The average molecular weight is 340 g/mol. The Bertz CT molecular complexity index is 784. The maximum Gasteiger partial charge on any atom is 0.321 e. The Morgan fingerprint density at radius 3 is 2.52 bits per heavy atom. The van der Waals surface area contributed by atoms with Gasteiger partial charge in [-0.2, -0.15) is 0 Å². The molecule has 132 valence electrons. The van der Waals surface area contributed by atoms with Gasteiger partial charge in [0.25, 0.3) is 0 Å². The quantitative estimate of drug-likeness (QED) is 0.669. The molecule has 1 aliphatic carbocycles. The van der Waals surface area contributed by atoms with Crippen molar-refractivity contribution in [3.63, 3.8) is 0 Å². The van der Waals surface area contributed by atoms with Gasteiger partial charge in [0.05, 0.1) is 13.2 Å². The number of urea groups is 1. The second kappa shape index (κ2) is 6.86. The predicted molar refractivity (Wildman–Crippen MR) is 98.6 cm³/mol. The molecule has 0 saturated carbocycles. The van der Waals surface area contributed by atoms with Crippen LogP contribution >= 0.6 is 0 Å². The summed E-state index contributed by atoms with van der Waals surface area (Å²) in [6.45, 7) is 1.64. The molecule has 0 heterocycles. The lowest BCUT2D eigenvalue weighted by Gasteiger charge is -2.30. The molecule has 0 spiro atoms. The zero-order chi connectivity index (χ0) is 18.0. The molecule has 0 aromatic heterocycles. The van der Waals surface area contributed by atoms with E-state index in [1.54, 1.807) is 14.0 Å². The molecule has 0 atom stereocenters. The minimum absolute atomic E-state index is 0.182. The summed E-state index contributed by atoms with van der Waals surface area (Å²) in [4.78, 5) is 13.9. The number of carbonyl (C=O) groups excluding carboxylic acids is 1. The van der Waals surface area contributed by atoms with E-state index in [0.717, 1.165) is 12.1 Å². The molecule has 0 saturated heterocycles. The highest BCUT2D eigenvalue weighted by atomic mass is 16.3. The fraction of sp³-hybridized carbons (Fsp3) is 0.350. The predicted octanol–water partition coefficient (Wildman–Crippen LogP) is 2.71. The van der Waals surface area contributed by atoms with Crippen molar-refractivity contribution in [3.8, 4) is 11.1 Å². The van der Waals surface area contributed by atoms with Gasteiger partial charge in [0, 0.05) is 24.7 Å². The van der Waals surface area contributed by atoms with Gasteiger partial charge < -0.3 is 20.4 Å². The van der Waals surface area contributed by atoms with E-state index in [9.17, 15) is 15.0 Å². The number of carbonyl (C=O) groups is 1. The summed E-state index contributed by atoms with van der Waals surface area (Å²) in [7, 11) is 1.65. The number of rotatable bonds is 5. The highest BCUT2D eigenvalue weighted by Gasteiger charge is 2.26. The Morgan fingerprint density at radius 1 is 1.12 bits per heavy atom. The van der Waals surface area contributed by atoms with E-state index in [-0.39, 0.29) is 25.8 Å². The SMILES string of the molecule is CN(CC(C)(CO)CO)C(=O)Nc1ccc2c(c1)Cc1ccccc1-2. The first-order valence-electron chi connectivity index (χ1n) is 8.41. The molecular formula is C20H24N2O3. The molecule has 3 N–H and O–H groups in total. The lowest BCUT2D eigenvalue weighted by atomic mass is 9.92. The molecule has 0 fully saturated rings. The van der Waals surface area contributed by atoms with Gasteiger partial charge in [-0.05, 0) is 40.8 Å². The minimum atomic E-state index is -0.717. The fourth-order valence-corrected chi connectivity index (χ4v) is 3.24. The number of aliphatic hydroxyl groups is 2. The average Bonchev–Trinajstić information content (AvgIpc) is 2.99. The number of hydrogen-bond donors (Lipinski definition) is 3. The van der Waals surface area contributed by atoms with Crippen molar-refractivity contribution in [1.29, 1.82) is 0 Å². The highest BCUT2D eigenvalue weighted by Crippen LogP contribution is 2.37. The molecule has 5 nitrogen and oxygen atoms in total. The van der Waals surface area contributed by atoms with E-state index in [2.05, 4.69) is 17.4 Å². The highest BCUT2D eigenvalue weighted by molar-refractivity contribution is 5.90. The molecule has 2 amide bonds. The topological polar surface area (TPSA) is 72.8 Å². The molecule has 2 aromatic rings. The molecular weight excluding hydrogens is 316 g/mol. The smallest absolute Gasteiger partial charge is 0.321 e. The molecule has 3 rings (SSSR count). The van der Waals surface area contributed by atoms with Crippen LogP contribution in [0, 0.1) is 5.41 Å². The number of aliphatic hydroxyl groups excluding tert-OH is 2. The Balaban J connectivity index is 1.70. The third-order valence-corrected chi connectivity index (χ3v) is 4.77. The van der Waals surface area contributed by atoms with Crippen molar-refractivity contribution in [2.45, 2.75) is 13.3 Å². The number of anilines is 1. The summed E-state index contributed by atoms with van der Waals surface area (Å²) in [6.07, 6.45) is 0.873. The fourth-order valence-electron chi connectivity index (χ4n) is 3.24. The van der Waals surface area contributed by atoms with E-state index in [4.69, 9.17) is 0 Å². The van der Waals surface area contributed by atoms with Crippen LogP contribution in [0.1, 0.15) is 18.1 Å². The van der Waals surface area contributed by atoms with E-state index in [1.165, 1.54) is 27.2 Å². The molecule has 0 aliphatic heterocycles. The van der Waals surface area contributed by atoms with E-state index in [1.807, 2.05) is 30.3 Å². The molecule has 25 heavy (non-hydrogen) atoms. The number of hydrogen-bond acceptors (Lipinski definition) is 3. The van der Waals surface area contributed by atoms with Crippen LogP contribution in [-0.4, -0.2) is 48.0 Å². The van der Waals surface area contributed by atoms with Crippen molar-refractivity contribution in [3.05, 3.63) is 53.6 Å². The first-order valence-corrected chi connectivity index (χ1v) is 8.41. The van der Waals surface area contributed by atoms with Gasteiger partial charge in [-0.15, -0.1) is 0 Å². The second-order valence-corrected chi connectivity index (χ2v) is 7.12. The van der Waals surface area contributed by atoms with E-state index >= 15 is 0 Å². The Hall–Kier alpha value is -2.37. The van der Waals surface area contributed by atoms with Crippen LogP contribution in [0.15, 0.2) is 42.5 Å². The molecule has 0 unspecified atom stereocenters. The summed E-state index contributed by atoms with van der Waals surface area (Å²) >= 11 is 0. The standard InChI is InChI=1S/C20H24N2O3/c1-20(12-23,13-24)11-22(2)19(25)21-16-7-8-18-15(10-16)9-14-5-3-4-6-17(14)18/h3-8,10,23-24H,9,11-13H2,1-2H3,(H,21,25). The molecule has 0 radical (unpaired) electrons. The molecule has 0 bridgehead atoms. The lowest BCUT2D eigenvalue weighted by molar-refractivity contribution is 0.0509. The van der Waals surface area contributed by atoms with Gasteiger partial charge >= 0.3 is 6.03 Å². The van der Waals surface area contributed by atoms with Crippen molar-refractivity contribution >= 4 is 11.7 Å². The summed E-state index contributed by atoms with van der Waals surface area (Å²) in [6, 6.07) is 14.0. The largest absolute Gasteiger partial charge is 0.396 e. The van der Waals surface area contributed by atoms with Gasteiger partial charge in [-0.1, -0.05) is 37.3 Å². The number of fused-ring (bicyclic) bond motifs is 3. The summed E-state index contributed by atoms with van der Waals surface area (Å²) in [5.41, 5.74) is 5.02. The van der Waals surface area contributed by atoms with Crippen LogP contribution in [0.2, 0.25) is 0 Å². The molecule has 5 heteroatoms. The Labute approximate surface area is 147 Å². The first kappa shape index (κ1) is 17.5. The van der Waals surface area contributed by atoms with E-state index < -0.39 is 5.41 Å². The van der Waals surface area contributed by atoms with Crippen molar-refractivity contribution in [2.75, 3.05) is 32.1 Å². The summed E-state index contributed by atoms with van der Waals surface area (Å²) in [5, 5.41) is 21.7. The summed E-state index contributed by atoms with van der Waals surface area (Å²) < 4.78 is 0. The third-order valence-electron chi connectivity index (χ3n) is 4.77. The summed E-state index contributed by atoms with van der Waals surface area (Å²) in [5.74, 6) is 0. The molecule has 2 aromatic carbocycles. The van der Waals surface area contributed by atoms with Crippen LogP contribution in [0.5, 0.6) is 0 Å². The van der Waals surface area contributed by atoms with Crippen molar-refractivity contribution < 1.29 is 15.0 Å². The van der Waals surface area contributed by atoms with Gasteiger partial charge in [0.2, 0.25) is 0 Å². The third kappa shape index (κ3) is 3.52. The van der Waals surface area contributed by atoms with Crippen molar-refractivity contribution in [2.24, 2.45) is 5.41 Å². The van der Waals surface area contributed by atoms with Crippen LogP contribution in [0.25, 0.3) is 11.1 Å². The second-order valence-electron chi connectivity index (χ2n) is 7.12. The number of benzene rings is 2. The van der Waals surface area contributed by atoms with Gasteiger partial charge in [-0.3, -0.25) is 0 Å². The maximum absolute atomic E-state index is 12.4. The Kier molecular flexibility index (Phi) is 4.79. The minimum Gasteiger partial charge on any atom is -0.396 e. The number of nitrogens with one attached hydrogen (secondary N) is 1. The van der Waals surface area contributed by atoms with E-state index in [0.29, 0.717) is 0 Å². The van der Waals surface area contributed by atoms with Crippen molar-refractivity contribution in [1.82, 2.24) is 4.90 Å². The van der Waals surface area contributed by atoms with Gasteiger partial charge in [-0.25, -0.2) is 4.79 Å².